The first-order valence-electron chi connectivity index (χ1n) is 13.5. The molecule has 3 atom stereocenters. The van der Waals surface area contributed by atoms with Gasteiger partial charge < -0.3 is 19.9 Å². The van der Waals surface area contributed by atoms with Gasteiger partial charge in [0.05, 0.1) is 24.8 Å². The van der Waals surface area contributed by atoms with Crippen molar-refractivity contribution >= 4 is 11.9 Å². The standard InChI is InChI=1S/C31H31F6N3O3/c1-4-39(2)28(41)26-16-24(33)18-40(26)29(42)38-30(17-19-8-6-5-7-9-19,20-10-11-25(34)27(15-20)43-3)21-12-22(31(35,36)37)14-23(32)13-21/h5-15,24,26H,4,16-18H2,1-3H3,(H,38,42)/t24-,26-,30+/m0/s1. The first-order chi connectivity index (χ1) is 20.3. The summed E-state index contributed by atoms with van der Waals surface area (Å²) in [6.45, 7) is 1.54. The van der Waals surface area contributed by atoms with Crippen LogP contribution in [0.4, 0.5) is 31.1 Å². The topological polar surface area (TPSA) is 61.9 Å². The number of hydrogen-bond donors (Lipinski definition) is 1. The van der Waals surface area contributed by atoms with Gasteiger partial charge in [-0.25, -0.2) is 18.0 Å². The van der Waals surface area contributed by atoms with Crippen LogP contribution < -0.4 is 10.1 Å². The molecule has 1 aliphatic rings. The van der Waals surface area contributed by atoms with Crippen LogP contribution in [0.2, 0.25) is 0 Å². The molecule has 0 aliphatic carbocycles. The van der Waals surface area contributed by atoms with E-state index in [0.29, 0.717) is 24.2 Å². The number of likely N-dealkylation sites (tertiary alicyclic amines) is 1. The fourth-order valence-electron chi connectivity index (χ4n) is 5.29. The van der Waals surface area contributed by atoms with Crippen LogP contribution in [0.3, 0.4) is 0 Å². The highest BCUT2D eigenvalue weighted by molar-refractivity contribution is 5.88. The molecule has 3 aromatic carbocycles. The Morgan fingerprint density at radius 1 is 1.00 bits per heavy atom. The Balaban J connectivity index is 1.96. The second-order valence-electron chi connectivity index (χ2n) is 10.4. The van der Waals surface area contributed by atoms with Crippen LogP contribution >= 0.6 is 0 Å². The van der Waals surface area contributed by atoms with Crippen molar-refractivity contribution in [3.63, 3.8) is 0 Å². The number of nitrogens with zero attached hydrogens (tertiary/aromatic N) is 2. The lowest BCUT2D eigenvalue weighted by Gasteiger charge is -2.39. The van der Waals surface area contributed by atoms with Gasteiger partial charge in [0.2, 0.25) is 5.91 Å². The predicted molar refractivity (Wildman–Crippen MR) is 147 cm³/mol. The highest BCUT2D eigenvalue weighted by Gasteiger charge is 2.45. The number of rotatable bonds is 8. The lowest BCUT2D eigenvalue weighted by Crippen LogP contribution is -2.56. The van der Waals surface area contributed by atoms with E-state index in [2.05, 4.69) is 5.32 Å². The molecule has 4 rings (SSSR count). The fraction of sp³-hybridized carbons (Fsp3) is 0.355. The number of nitrogens with one attached hydrogen (secondary N) is 1. The molecule has 6 nitrogen and oxygen atoms in total. The number of benzene rings is 3. The summed E-state index contributed by atoms with van der Waals surface area (Å²) in [5.41, 5.74) is -3.01. The van der Waals surface area contributed by atoms with Gasteiger partial charge in [0.1, 0.15) is 18.0 Å². The smallest absolute Gasteiger partial charge is 0.416 e. The monoisotopic (exact) mass is 607 g/mol. The Hall–Kier alpha value is -4.22. The van der Waals surface area contributed by atoms with Crippen molar-refractivity contribution in [1.82, 2.24) is 15.1 Å². The maximum atomic E-state index is 14.9. The summed E-state index contributed by atoms with van der Waals surface area (Å²) in [4.78, 5) is 29.4. The molecule has 3 amide bonds. The van der Waals surface area contributed by atoms with E-state index in [-0.39, 0.29) is 29.7 Å². The molecule has 0 radical (unpaired) electrons. The second kappa shape index (κ2) is 12.6. The first kappa shape index (κ1) is 31.7. The Morgan fingerprint density at radius 2 is 1.67 bits per heavy atom. The number of carbonyl (C=O) groups is 2. The first-order valence-corrected chi connectivity index (χ1v) is 13.5. The molecule has 0 bridgehead atoms. The molecule has 1 aliphatic heterocycles. The van der Waals surface area contributed by atoms with E-state index < -0.39 is 59.6 Å². The van der Waals surface area contributed by atoms with Crippen LogP contribution in [-0.2, 0) is 22.9 Å². The zero-order chi connectivity index (χ0) is 31.5. The SMILES string of the molecule is CCN(C)C(=O)[C@@H]1C[C@H](F)CN1C(=O)N[C@@](Cc1ccccc1)(c1cc(F)cc(C(F)(F)F)c1)c1ccc(F)c(OC)c1. The molecule has 230 valence electrons. The Labute approximate surface area is 245 Å². The van der Waals surface area contributed by atoms with Gasteiger partial charge in [-0.15, -0.1) is 0 Å². The van der Waals surface area contributed by atoms with E-state index in [1.165, 1.54) is 31.2 Å². The molecule has 0 spiro atoms. The normalized spacial score (nSPS) is 18.2. The number of alkyl halides is 4. The Morgan fingerprint density at radius 3 is 2.30 bits per heavy atom. The van der Waals surface area contributed by atoms with Crippen LogP contribution in [0.5, 0.6) is 5.75 Å². The average molecular weight is 608 g/mol. The average Bonchev–Trinajstić information content (AvgIpc) is 3.37. The molecule has 1 fully saturated rings. The van der Waals surface area contributed by atoms with E-state index in [1.807, 2.05) is 0 Å². The lowest BCUT2D eigenvalue weighted by atomic mass is 9.77. The van der Waals surface area contributed by atoms with Crippen molar-refractivity contribution in [3.8, 4) is 5.75 Å². The molecule has 1 saturated heterocycles. The summed E-state index contributed by atoms with van der Waals surface area (Å²) in [5, 5.41) is 2.73. The summed E-state index contributed by atoms with van der Waals surface area (Å²) >= 11 is 0. The molecule has 1 N–H and O–H groups in total. The van der Waals surface area contributed by atoms with E-state index >= 15 is 0 Å². The zero-order valence-electron chi connectivity index (χ0n) is 23.7. The summed E-state index contributed by atoms with van der Waals surface area (Å²) in [5.74, 6) is -2.80. The summed E-state index contributed by atoms with van der Waals surface area (Å²) in [6.07, 6.45) is -6.98. The minimum absolute atomic E-state index is 0.0613. The third-order valence-electron chi connectivity index (χ3n) is 7.64. The van der Waals surface area contributed by atoms with Crippen molar-refractivity contribution in [2.24, 2.45) is 0 Å². The molecule has 0 unspecified atom stereocenters. The number of hydrogen-bond acceptors (Lipinski definition) is 3. The highest BCUT2D eigenvalue weighted by Crippen LogP contribution is 2.40. The molecular weight excluding hydrogens is 576 g/mol. The number of halogens is 6. The van der Waals surface area contributed by atoms with Gasteiger partial charge in [0, 0.05) is 26.4 Å². The lowest BCUT2D eigenvalue weighted by molar-refractivity contribution is -0.138. The van der Waals surface area contributed by atoms with Crippen molar-refractivity contribution in [1.29, 1.82) is 0 Å². The minimum Gasteiger partial charge on any atom is -0.494 e. The maximum Gasteiger partial charge on any atom is 0.416 e. The van der Waals surface area contributed by atoms with Gasteiger partial charge in [0.15, 0.2) is 11.6 Å². The number of methoxy groups -OCH3 is 1. The van der Waals surface area contributed by atoms with E-state index in [1.54, 1.807) is 37.3 Å². The second-order valence-corrected chi connectivity index (χ2v) is 10.4. The van der Waals surface area contributed by atoms with Crippen molar-refractivity contribution < 1.29 is 40.7 Å². The largest absolute Gasteiger partial charge is 0.494 e. The summed E-state index contributed by atoms with van der Waals surface area (Å²) < 4.78 is 91.1. The number of urea groups is 1. The Kier molecular flexibility index (Phi) is 9.26. The number of carbonyl (C=O) groups excluding carboxylic acids is 2. The number of likely N-dealkylation sites (N-methyl/N-ethyl adjacent to an activating group) is 1. The predicted octanol–water partition coefficient (Wildman–Crippen LogP) is 6.08. The fourth-order valence-corrected chi connectivity index (χ4v) is 5.29. The maximum absolute atomic E-state index is 14.9. The van der Waals surface area contributed by atoms with Crippen LogP contribution in [0.15, 0.2) is 66.7 Å². The minimum atomic E-state index is -4.95. The van der Waals surface area contributed by atoms with E-state index in [9.17, 15) is 35.9 Å². The van der Waals surface area contributed by atoms with Crippen LogP contribution in [0.1, 0.15) is 35.6 Å². The summed E-state index contributed by atoms with van der Waals surface area (Å²) in [6, 6.07) is 11.5. The number of amides is 3. The van der Waals surface area contributed by atoms with Gasteiger partial charge >= 0.3 is 12.2 Å². The summed E-state index contributed by atoms with van der Waals surface area (Å²) in [7, 11) is 2.69. The van der Waals surface area contributed by atoms with Gasteiger partial charge in [-0.05, 0) is 53.9 Å². The third-order valence-corrected chi connectivity index (χ3v) is 7.64. The quantitative estimate of drug-likeness (QED) is 0.316. The molecule has 12 heteroatoms. The molecule has 1 heterocycles. The van der Waals surface area contributed by atoms with Crippen molar-refractivity contribution in [2.75, 3.05) is 27.2 Å². The van der Waals surface area contributed by atoms with Gasteiger partial charge in [-0.1, -0.05) is 36.4 Å². The number of ether oxygens (including phenoxy) is 1. The molecular formula is C31H31F6N3O3. The van der Waals surface area contributed by atoms with E-state index in [4.69, 9.17) is 4.74 Å². The van der Waals surface area contributed by atoms with Crippen LogP contribution in [0, 0.1) is 11.6 Å². The third kappa shape index (κ3) is 6.73. The van der Waals surface area contributed by atoms with Gasteiger partial charge in [-0.3, -0.25) is 4.79 Å². The van der Waals surface area contributed by atoms with Crippen LogP contribution in [0.25, 0.3) is 0 Å². The highest BCUT2D eigenvalue weighted by atomic mass is 19.4. The zero-order valence-corrected chi connectivity index (χ0v) is 23.7. The Bertz CT molecular complexity index is 1470. The van der Waals surface area contributed by atoms with Gasteiger partial charge in [-0.2, -0.15) is 13.2 Å². The van der Waals surface area contributed by atoms with Crippen LogP contribution in [-0.4, -0.2) is 61.2 Å². The van der Waals surface area contributed by atoms with E-state index in [0.717, 1.165) is 17.0 Å². The molecule has 43 heavy (non-hydrogen) atoms. The van der Waals surface area contributed by atoms with Crippen molar-refractivity contribution in [2.45, 2.75) is 43.7 Å². The molecule has 0 saturated carbocycles. The van der Waals surface area contributed by atoms with Gasteiger partial charge in [0.25, 0.3) is 0 Å². The van der Waals surface area contributed by atoms with Crippen molar-refractivity contribution in [3.05, 3.63) is 101 Å². The molecule has 3 aromatic rings. The molecule has 0 aromatic heterocycles.